The standard InChI is InChI=1S/C40H58O4/c1-25(2)27-16-19-37(5)22-23-39(7)28(35(27)37)12-14-32-38(6)20-18-33(36(3,4)31(38)17-21-40(32,39)8)44-34(42)15-11-26-10-13-29(41)30(24-26)43-9/h10-11,13,15,24,27-28,31-33,35,41H,1,12,14,16-23H2,2-9H3. The van der Waals surface area contributed by atoms with E-state index in [1.807, 2.05) is 0 Å². The number of carbonyl (C=O) groups excluding carboxylic acids is 1. The zero-order valence-electron chi connectivity index (χ0n) is 28.8. The molecule has 6 rings (SSSR count). The minimum atomic E-state index is -0.290. The summed E-state index contributed by atoms with van der Waals surface area (Å²) in [6, 6.07) is 5.07. The third kappa shape index (κ3) is 4.54. The lowest BCUT2D eigenvalue weighted by Gasteiger charge is -2.73. The van der Waals surface area contributed by atoms with Crippen molar-refractivity contribution in [2.24, 2.45) is 56.7 Å². The van der Waals surface area contributed by atoms with Gasteiger partial charge in [0.05, 0.1) is 7.11 Å². The van der Waals surface area contributed by atoms with Gasteiger partial charge in [-0.05, 0) is 146 Å². The van der Waals surface area contributed by atoms with Crippen LogP contribution in [0.3, 0.4) is 0 Å². The maximum atomic E-state index is 13.1. The van der Waals surface area contributed by atoms with Gasteiger partial charge < -0.3 is 14.6 Å². The largest absolute Gasteiger partial charge is 0.504 e. The molecule has 5 fully saturated rings. The molecular weight excluding hydrogens is 544 g/mol. The van der Waals surface area contributed by atoms with Crippen molar-refractivity contribution in [1.29, 1.82) is 0 Å². The van der Waals surface area contributed by atoms with Gasteiger partial charge in [0.2, 0.25) is 0 Å². The highest BCUT2D eigenvalue weighted by atomic mass is 16.5. The van der Waals surface area contributed by atoms with Crippen LogP contribution in [0.1, 0.15) is 118 Å². The lowest BCUT2D eigenvalue weighted by Crippen LogP contribution is -2.66. The van der Waals surface area contributed by atoms with Crippen molar-refractivity contribution in [3.05, 3.63) is 42.0 Å². The lowest BCUT2D eigenvalue weighted by atomic mass is 9.32. The van der Waals surface area contributed by atoms with Gasteiger partial charge in [0.1, 0.15) is 6.10 Å². The molecule has 0 radical (unpaired) electrons. The van der Waals surface area contributed by atoms with Crippen molar-refractivity contribution < 1.29 is 19.4 Å². The Morgan fingerprint density at radius 1 is 0.909 bits per heavy atom. The van der Waals surface area contributed by atoms with Crippen molar-refractivity contribution in [1.82, 2.24) is 0 Å². The lowest BCUT2D eigenvalue weighted by molar-refractivity contribution is -0.248. The number of hydrogen-bond acceptors (Lipinski definition) is 4. The molecule has 0 heterocycles. The summed E-state index contributed by atoms with van der Waals surface area (Å²) in [4.78, 5) is 13.1. The van der Waals surface area contributed by atoms with Crippen LogP contribution in [0.15, 0.2) is 36.4 Å². The number of phenolic OH excluding ortho intramolecular Hbond substituents is 1. The van der Waals surface area contributed by atoms with Gasteiger partial charge in [-0.1, -0.05) is 59.8 Å². The predicted octanol–water partition coefficient (Wildman–Crippen LogP) is 10.0. The van der Waals surface area contributed by atoms with Gasteiger partial charge in [-0.25, -0.2) is 4.79 Å². The Morgan fingerprint density at radius 2 is 1.66 bits per heavy atom. The Morgan fingerprint density at radius 3 is 2.36 bits per heavy atom. The Kier molecular flexibility index (Phi) is 7.69. The van der Waals surface area contributed by atoms with Crippen LogP contribution in [0.25, 0.3) is 6.08 Å². The summed E-state index contributed by atoms with van der Waals surface area (Å²) in [5.74, 6) is 3.73. The van der Waals surface area contributed by atoms with Crippen molar-refractivity contribution in [3.8, 4) is 11.5 Å². The highest BCUT2D eigenvalue weighted by Gasteiger charge is 2.70. The van der Waals surface area contributed by atoms with Gasteiger partial charge in [0.25, 0.3) is 0 Å². The number of rotatable bonds is 5. The molecule has 242 valence electrons. The molecule has 1 aromatic carbocycles. The molecule has 0 aromatic heterocycles. The second kappa shape index (κ2) is 10.7. The molecule has 0 saturated heterocycles. The first-order chi connectivity index (χ1) is 20.6. The van der Waals surface area contributed by atoms with Crippen LogP contribution in [-0.4, -0.2) is 24.3 Å². The van der Waals surface area contributed by atoms with E-state index in [2.05, 4.69) is 55.0 Å². The normalized spacial score (nSPS) is 44.2. The van der Waals surface area contributed by atoms with E-state index in [4.69, 9.17) is 9.47 Å². The molecular formula is C40H58O4. The van der Waals surface area contributed by atoms with Gasteiger partial charge in [-0.2, -0.15) is 0 Å². The van der Waals surface area contributed by atoms with Crippen molar-refractivity contribution >= 4 is 12.0 Å². The monoisotopic (exact) mass is 602 g/mol. The molecule has 0 bridgehead atoms. The average molecular weight is 603 g/mol. The SMILES string of the molecule is C=C(C)C1CCC2(C)CCC3(C)C(CCC4C5(C)CCC(OC(=O)C=Cc6ccc(O)c(OC)c6)C(C)(C)C5CCC43C)C12. The molecule has 4 heteroatoms. The molecule has 0 spiro atoms. The zero-order valence-corrected chi connectivity index (χ0v) is 28.8. The zero-order chi connectivity index (χ0) is 31.9. The molecule has 10 unspecified atom stereocenters. The fourth-order valence-electron chi connectivity index (χ4n) is 12.8. The van der Waals surface area contributed by atoms with Crippen molar-refractivity contribution in [2.75, 3.05) is 7.11 Å². The van der Waals surface area contributed by atoms with E-state index in [9.17, 15) is 9.90 Å². The summed E-state index contributed by atoms with van der Waals surface area (Å²) < 4.78 is 11.5. The summed E-state index contributed by atoms with van der Waals surface area (Å²) in [7, 11) is 1.52. The van der Waals surface area contributed by atoms with Gasteiger partial charge in [0.15, 0.2) is 11.5 Å². The molecule has 5 aliphatic rings. The third-order valence-corrected chi connectivity index (χ3v) is 15.3. The second-order valence-corrected chi connectivity index (χ2v) is 17.4. The molecule has 5 aliphatic carbocycles. The summed E-state index contributed by atoms with van der Waals surface area (Å²) in [6.45, 7) is 22.2. The van der Waals surface area contributed by atoms with Gasteiger partial charge in [-0.3, -0.25) is 0 Å². The van der Waals surface area contributed by atoms with E-state index in [1.165, 1.54) is 70.1 Å². The minimum absolute atomic E-state index is 0.0843. The van der Waals surface area contributed by atoms with E-state index >= 15 is 0 Å². The fraction of sp³-hybridized carbons (Fsp3) is 0.725. The van der Waals surface area contributed by atoms with E-state index in [0.717, 1.165) is 30.2 Å². The average Bonchev–Trinajstić information content (AvgIpc) is 3.32. The first kappa shape index (κ1) is 31.7. The number of hydrogen-bond donors (Lipinski definition) is 1. The number of methoxy groups -OCH3 is 1. The van der Waals surface area contributed by atoms with Crippen LogP contribution >= 0.6 is 0 Å². The number of allylic oxidation sites excluding steroid dienone is 1. The molecule has 0 aliphatic heterocycles. The van der Waals surface area contributed by atoms with Crippen LogP contribution in [-0.2, 0) is 9.53 Å². The third-order valence-electron chi connectivity index (χ3n) is 15.3. The maximum Gasteiger partial charge on any atom is 0.331 e. The van der Waals surface area contributed by atoms with Gasteiger partial charge in [-0.15, -0.1) is 0 Å². The summed E-state index contributed by atoms with van der Waals surface area (Å²) in [5.41, 5.74) is 3.61. The maximum absolute atomic E-state index is 13.1. The molecule has 0 amide bonds. The Hall–Kier alpha value is -2.23. The van der Waals surface area contributed by atoms with E-state index in [1.54, 1.807) is 24.3 Å². The van der Waals surface area contributed by atoms with Gasteiger partial charge >= 0.3 is 5.97 Å². The topological polar surface area (TPSA) is 55.8 Å². The summed E-state index contributed by atoms with van der Waals surface area (Å²) in [6.07, 6.45) is 16.0. The summed E-state index contributed by atoms with van der Waals surface area (Å²) >= 11 is 0. The second-order valence-electron chi connectivity index (χ2n) is 17.4. The quantitative estimate of drug-likeness (QED) is 0.207. The first-order valence-corrected chi connectivity index (χ1v) is 17.5. The Balaban J connectivity index is 1.21. The van der Waals surface area contributed by atoms with E-state index in [-0.39, 0.29) is 28.7 Å². The molecule has 10 atom stereocenters. The fourth-order valence-corrected chi connectivity index (χ4v) is 12.8. The van der Waals surface area contributed by atoms with Crippen LogP contribution in [0.4, 0.5) is 0 Å². The molecule has 4 nitrogen and oxygen atoms in total. The molecule has 1 aromatic rings. The summed E-state index contributed by atoms with van der Waals surface area (Å²) in [5, 5.41) is 9.89. The van der Waals surface area contributed by atoms with E-state index < -0.39 is 0 Å². The number of esters is 1. The number of carbonyl (C=O) groups is 1. The minimum Gasteiger partial charge on any atom is -0.504 e. The van der Waals surface area contributed by atoms with Crippen molar-refractivity contribution in [2.45, 2.75) is 119 Å². The first-order valence-electron chi connectivity index (χ1n) is 17.5. The Labute approximate surface area is 267 Å². The van der Waals surface area contributed by atoms with Gasteiger partial charge in [0, 0.05) is 11.5 Å². The number of aromatic hydroxyl groups is 1. The molecule has 5 saturated carbocycles. The van der Waals surface area contributed by atoms with E-state index in [0.29, 0.717) is 39.7 Å². The number of phenols is 1. The highest BCUT2D eigenvalue weighted by Crippen LogP contribution is 2.77. The Bertz CT molecular complexity index is 1340. The highest BCUT2D eigenvalue weighted by molar-refractivity contribution is 5.87. The molecule has 1 N–H and O–H groups in total. The van der Waals surface area contributed by atoms with Crippen molar-refractivity contribution in [3.63, 3.8) is 0 Å². The van der Waals surface area contributed by atoms with Crippen LogP contribution in [0.2, 0.25) is 0 Å². The molecule has 44 heavy (non-hydrogen) atoms. The number of ether oxygens (including phenoxy) is 2. The number of benzene rings is 1. The van der Waals surface area contributed by atoms with Crippen LogP contribution < -0.4 is 4.74 Å². The number of fused-ring (bicyclic) bond motifs is 7. The van der Waals surface area contributed by atoms with Crippen LogP contribution in [0, 0.1) is 56.7 Å². The van der Waals surface area contributed by atoms with Crippen LogP contribution in [0.5, 0.6) is 11.5 Å². The predicted molar refractivity (Wildman–Crippen MR) is 178 cm³/mol. The smallest absolute Gasteiger partial charge is 0.331 e.